The molecule has 1 unspecified atom stereocenters. The van der Waals surface area contributed by atoms with E-state index in [1.807, 2.05) is 26.0 Å². The Hall–Kier alpha value is -3.75. The quantitative estimate of drug-likeness (QED) is 0.220. The standard InChI is InChI=1S/C28H23F5N2O2/c1-13(2)15-6-5-7-16(8-15)27-35-22-12-18(10-20(30)25(22)37-27)23(28(31,32)33)17-9-19(29)24-21(11-17)34-26(36-24)14(3)4/h5-14,23H,1-4H3. The first-order valence-electron chi connectivity index (χ1n) is 11.8. The Labute approximate surface area is 209 Å². The smallest absolute Gasteiger partial charge is 0.399 e. The Morgan fingerprint density at radius 3 is 1.86 bits per heavy atom. The van der Waals surface area contributed by atoms with E-state index in [9.17, 15) is 17.6 Å². The molecule has 3 aromatic carbocycles. The van der Waals surface area contributed by atoms with Crippen molar-refractivity contribution in [2.45, 2.75) is 51.6 Å². The van der Waals surface area contributed by atoms with E-state index in [2.05, 4.69) is 9.97 Å². The lowest BCUT2D eigenvalue weighted by Gasteiger charge is -2.21. The molecule has 0 amide bonds. The van der Waals surface area contributed by atoms with Crippen molar-refractivity contribution in [1.29, 1.82) is 0 Å². The van der Waals surface area contributed by atoms with Crippen LogP contribution in [0.25, 0.3) is 33.7 Å². The van der Waals surface area contributed by atoms with Gasteiger partial charge in [0.25, 0.3) is 0 Å². The van der Waals surface area contributed by atoms with Crippen molar-refractivity contribution in [3.63, 3.8) is 0 Å². The first-order valence-corrected chi connectivity index (χ1v) is 11.8. The number of fused-ring (bicyclic) bond motifs is 2. The third kappa shape index (κ3) is 4.58. The SMILES string of the molecule is CC(C)c1cccc(-c2nc3cc(C(c4cc(F)c5oc(C(C)C)nc5c4)C(F)(F)F)cc(F)c3o2)c1. The lowest BCUT2D eigenvalue weighted by atomic mass is 9.90. The highest BCUT2D eigenvalue weighted by Crippen LogP contribution is 2.43. The van der Waals surface area contributed by atoms with E-state index in [0.717, 1.165) is 29.8 Å². The molecule has 1 atom stereocenters. The van der Waals surface area contributed by atoms with Crippen LogP contribution in [0.1, 0.15) is 68.0 Å². The van der Waals surface area contributed by atoms with Crippen LogP contribution in [0.5, 0.6) is 0 Å². The van der Waals surface area contributed by atoms with Crippen molar-refractivity contribution < 1.29 is 30.8 Å². The highest BCUT2D eigenvalue weighted by atomic mass is 19.4. The van der Waals surface area contributed by atoms with Crippen LogP contribution in [0.3, 0.4) is 0 Å². The summed E-state index contributed by atoms with van der Waals surface area (Å²) in [6, 6.07) is 11.1. The second-order valence-corrected chi connectivity index (χ2v) is 9.68. The van der Waals surface area contributed by atoms with Crippen LogP contribution in [-0.2, 0) is 0 Å². The van der Waals surface area contributed by atoms with Crippen molar-refractivity contribution in [2.24, 2.45) is 0 Å². The van der Waals surface area contributed by atoms with E-state index < -0.39 is 34.9 Å². The largest absolute Gasteiger partial charge is 0.437 e. The molecule has 0 saturated carbocycles. The van der Waals surface area contributed by atoms with Crippen LogP contribution in [0, 0.1) is 11.6 Å². The molecule has 0 spiro atoms. The predicted molar refractivity (Wildman–Crippen MR) is 129 cm³/mol. The number of rotatable bonds is 5. The number of nitrogens with zero attached hydrogens (tertiary/aromatic N) is 2. The van der Waals surface area contributed by atoms with Gasteiger partial charge in [-0.2, -0.15) is 13.2 Å². The van der Waals surface area contributed by atoms with Crippen LogP contribution in [0.2, 0.25) is 0 Å². The molecule has 0 saturated heterocycles. The molecule has 4 nitrogen and oxygen atoms in total. The summed E-state index contributed by atoms with van der Waals surface area (Å²) in [5.41, 5.74) is 0.142. The minimum Gasteiger partial charge on any atom is -0.437 e. The summed E-state index contributed by atoms with van der Waals surface area (Å²) in [5.74, 6) is -3.96. The first-order chi connectivity index (χ1) is 17.4. The van der Waals surface area contributed by atoms with E-state index >= 15 is 4.39 Å². The van der Waals surface area contributed by atoms with Crippen LogP contribution in [0.15, 0.2) is 57.4 Å². The van der Waals surface area contributed by atoms with Crippen molar-refractivity contribution in [3.8, 4) is 11.5 Å². The molecule has 192 valence electrons. The van der Waals surface area contributed by atoms with Crippen molar-refractivity contribution >= 4 is 22.2 Å². The molecule has 0 aliphatic heterocycles. The maximum Gasteiger partial charge on any atom is 0.399 e. The Balaban J connectivity index is 1.64. The molecule has 0 N–H and O–H groups in total. The fourth-order valence-electron chi connectivity index (χ4n) is 4.35. The first kappa shape index (κ1) is 24.9. The fraction of sp³-hybridized carbons (Fsp3) is 0.286. The van der Waals surface area contributed by atoms with E-state index in [1.54, 1.807) is 26.0 Å². The number of aromatic nitrogens is 2. The number of oxazole rings is 2. The number of hydrogen-bond acceptors (Lipinski definition) is 4. The molecule has 9 heteroatoms. The topological polar surface area (TPSA) is 52.1 Å². The summed E-state index contributed by atoms with van der Waals surface area (Å²) in [7, 11) is 0. The molecule has 2 aromatic heterocycles. The molecule has 37 heavy (non-hydrogen) atoms. The normalized spacial score (nSPS) is 13.4. The van der Waals surface area contributed by atoms with Crippen LogP contribution in [0.4, 0.5) is 22.0 Å². The van der Waals surface area contributed by atoms with Gasteiger partial charge >= 0.3 is 6.18 Å². The molecule has 2 heterocycles. The Kier molecular flexibility index (Phi) is 6.04. The second-order valence-electron chi connectivity index (χ2n) is 9.68. The van der Waals surface area contributed by atoms with Gasteiger partial charge in [-0.1, -0.05) is 39.8 Å². The van der Waals surface area contributed by atoms with Crippen molar-refractivity contribution in [3.05, 3.63) is 82.7 Å². The molecule has 5 aromatic rings. The average molecular weight is 514 g/mol. The van der Waals surface area contributed by atoms with E-state index in [-0.39, 0.29) is 45.8 Å². The summed E-state index contributed by atoms with van der Waals surface area (Å²) < 4.78 is 83.9. The van der Waals surface area contributed by atoms with Crippen molar-refractivity contribution in [2.75, 3.05) is 0 Å². The molecular formula is C28H23F5N2O2. The zero-order chi connectivity index (χ0) is 26.6. The summed E-state index contributed by atoms with van der Waals surface area (Å²) in [4.78, 5) is 8.42. The minimum absolute atomic E-state index is 0.0387. The molecule has 0 bridgehead atoms. The van der Waals surface area contributed by atoms with E-state index in [4.69, 9.17) is 8.83 Å². The predicted octanol–water partition coefficient (Wildman–Crippen LogP) is 8.86. The van der Waals surface area contributed by atoms with Gasteiger partial charge in [0.15, 0.2) is 28.7 Å². The van der Waals surface area contributed by atoms with Crippen LogP contribution >= 0.6 is 0 Å². The monoisotopic (exact) mass is 514 g/mol. The second kappa shape index (κ2) is 8.97. The number of hydrogen-bond donors (Lipinski definition) is 0. The lowest BCUT2D eigenvalue weighted by molar-refractivity contribution is -0.141. The van der Waals surface area contributed by atoms with Gasteiger partial charge in [-0.25, -0.2) is 18.7 Å². The third-order valence-corrected chi connectivity index (χ3v) is 6.24. The van der Waals surface area contributed by atoms with Gasteiger partial charge in [0, 0.05) is 11.5 Å². The average Bonchev–Trinajstić information content (AvgIpc) is 3.44. The molecule has 0 aliphatic carbocycles. The number of alkyl halides is 3. The van der Waals surface area contributed by atoms with Gasteiger partial charge in [0.2, 0.25) is 5.89 Å². The van der Waals surface area contributed by atoms with Crippen LogP contribution < -0.4 is 0 Å². The Morgan fingerprint density at radius 2 is 1.30 bits per heavy atom. The maximum atomic E-state index is 15.1. The zero-order valence-electron chi connectivity index (χ0n) is 20.5. The molecule has 5 rings (SSSR count). The minimum atomic E-state index is -4.86. The lowest BCUT2D eigenvalue weighted by Crippen LogP contribution is -2.22. The zero-order valence-corrected chi connectivity index (χ0v) is 20.5. The van der Waals surface area contributed by atoms with Gasteiger partial charge in [0.05, 0.1) is 0 Å². The van der Waals surface area contributed by atoms with E-state index in [0.29, 0.717) is 5.56 Å². The third-order valence-electron chi connectivity index (χ3n) is 6.24. The Bertz CT molecular complexity index is 1610. The molecule has 0 aliphatic rings. The summed E-state index contributed by atoms with van der Waals surface area (Å²) in [6.07, 6.45) is -4.86. The van der Waals surface area contributed by atoms with Gasteiger partial charge in [-0.3, -0.25) is 0 Å². The van der Waals surface area contributed by atoms with Gasteiger partial charge in [0.1, 0.15) is 17.0 Å². The molecular weight excluding hydrogens is 491 g/mol. The Morgan fingerprint density at radius 1 is 0.703 bits per heavy atom. The fourth-order valence-corrected chi connectivity index (χ4v) is 4.35. The van der Waals surface area contributed by atoms with Gasteiger partial charge < -0.3 is 8.83 Å². The summed E-state index contributed by atoms with van der Waals surface area (Å²) in [6.45, 7) is 7.56. The van der Waals surface area contributed by atoms with Gasteiger partial charge in [-0.05, 0) is 59.0 Å². The van der Waals surface area contributed by atoms with Gasteiger partial charge in [-0.15, -0.1) is 0 Å². The number of halogens is 5. The highest BCUT2D eigenvalue weighted by Gasteiger charge is 2.43. The van der Waals surface area contributed by atoms with Crippen LogP contribution in [-0.4, -0.2) is 16.1 Å². The summed E-state index contributed by atoms with van der Waals surface area (Å²) in [5, 5.41) is 0. The molecule has 0 fully saturated rings. The van der Waals surface area contributed by atoms with E-state index in [1.165, 1.54) is 0 Å². The molecule has 0 radical (unpaired) electrons. The number of benzene rings is 3. The maximum absolute atomic E-state index is 15.1. The van der Waals surface area contributed by atoms with Crippen molar-refractivity contribution in [1.82, 2.24) is 9.97 Å². The highest BCUT2D eigenvalue weighted by molar-refractivity contribution is 5.79. The summed E-state index contributed by atoms with van der Waals surface area (Å²) >= 11 is 0.